The lowest BCUT2D eigenvalue weighted by molar-refractivity contribution is 0.301. The fraction of sp³-hybridized carbons (Fsp3) is 0.625. The standard InChI is InChI=1S/C16H26N2O/c1-12-9-14(16(17)7-5-4-6-8-16)10-13(15(12)19)11-18(2)3/h9-10,19H,4-8,11,17H2,1-3H3. The Morgan fingerprint density at radius 1 is 1.21 bits per heavy atom. The van der Waals surface area contributed by atoms with E-state index in [1.54, 1.807) is 0 Å². The quantitative estimate of drug-likeness (QED) is 0.880. The molecule has 0 unspecified atom stereocenters. The van der Waals surface area contributed by atoms with Crippen molar-refractivity contribution in [2.24, 2.45) is 5.73 Å². The molecule has 0 saturated heterocycles. The van der Waals surface area contributed by atoms with E-state index in [0.29, 0.717) is 5.75 Å². The molecule has 0 aromatic heterocycles. The van der Waals surface area contributed by atoms with Gasteiger partial charge < -0.3 is 15.7 Å². The third kappa shape index (κ3) is 3.10. The maximum absolute atomic E-state index is 10.2. The topological polar surface area (TPSA) is 49.5 Å². The summed E-state index contributed by atoms with van der Waals surface area (Å²) in [6.07, 6.45) is 5.82. The van der Waals surface area contributed by atoms with Gasteiger partial charge in [-0.1, -0.05) is 25.3 Å². The van der Waals surface area contributed by atoms with E-state index in [-0.39, 0.29) is 5.54 Å². The number of hydrogen-bond acceptors (Lipinski definition) is 3. The van der Waals surface area contributed by atoms with Crippen molar-refractivity contribution in [2.45, 2.75) is 51.1 Å². The predicted molar refractivity (Wildman–Crippen MR) is 79.2 cm³/mol. The Balaban J connectivity index is 2.38. The van der Waals surface area contributed by atoms with Crippen molar-refractivity contribution in [3.05, 3.63) is 28.8 Å². The molecule has 1 saturated carbocycles. The van der Waals surface area contributed by atoms with E-state index in [1.165, 1.54) is 24.8 Å². The lowest BCUT2D eigenvalue weighted by Crippen LogP contribution is -2.38. The fourth-order valence-electron chi connectivity index (χ4n) is 3.07. The molecule has 1 aromatic carbocycles. The highest BCUT2D eigenvalue weighted by Gasteiger charge is 2.30. The van der Waals surface area contributed by atoms with E-state index in [4.69, 9.17) is 5.73 Å². The normalized spacial score (nSPS) is 18.8. The van der Waals surface area contributed by atoms with Gasteiger partial charge in [0.1, 0.15) is 5.75 Å². The summed E-state index contributed by atoms with van der Waals surface area (Å²) in [5, 5.41) is 10.2. The molecule has 3 nitrogen and oxygen atoms in total. The van der Waals surface area contributed by atoms with Gasteiger partial charge >= 0.3 is 0 Å². The van der Waals surface area contributed by atoms with Crippen LogP contribution < -0.4 is 5.73 Å². The summed E-state index contributed by atoms with van der Waals surface area (Å²) in [4.78, 5) is 2.07. The van der Waals surface area contributed by atoms with Crippen LogP contribution in [0.15, 0.2) is 12.1 Å². The summed E-state index contributed by atoms with van der Waals surface area (Å²) < 4.78 is 0. The van der Waals surface area contributed by atoms with Gasteiger partial charge in [0.15, 0.2) is 0 Å². The van der Waals surface area contributed by atoms with Crippen LogP contribution in [0.3, 0.4) is 0 Å². The molecule has 2 rings (SSSR count). The molecule has 0 heterocycles. The highest BCUT2D eigenvalue weighted by atomic mass is 16.3. The van der Waals surface area contributed by atoms with Gasteiger partial charge in [0.2, 0.25) is 0 Å². The highest BCUT2D eigenvalue weighted by Crippen LogP contribution is 2.37. The zero-order chi connectivity index (χ0) is 14.0. The first-order valence-electron chi connectivity index (χ1n) is 7.19. The van der Waals surface area contributed by atoms with Crippen LogP contribution in [-0.4, -0.2) is 24.1 Å². The Morgan fingerprint density at radius 2 is 1.84 bits per heavy atom. The van der Waals surface area contributed by atoms with Gasteiger partial charge in [-0.3, -0.25) is 0 Å². The summed E-state index contributed by atoms with van der Waals surface area (Å²) in [6, 6.07) is 4.17. The van der Waals surface area contributed by atoms with Crippen LogP contribution in [0.1, 0.15) is 48.8 Å². The van der Waals surface area contributed by atoms with Gasteiger partial charge in [-0.25, -0.2) is 0 Å². The van der Waals surface area contributed by atoms with Crippen molar-refractivity contribution < 1.29 is 5.11 Å². The maximum atomic E-state index is 10.2. The molecule has 0 atom stereocenters. The molecule has 0 aliphatic heterocycles. The van der Waals surface area contributed by atoms with E-state index in [9.17, 15) is 5.11 Å². The van der Waals surface area contributed by atoms with Crippen LogP contribution in [0.4, 0.5) is 0 Å². The van der Waals surface area contributed by atoms with Crippen molar-refractivity contribution in [2.75, 3.05) is 14.1 Å². The Bertz CT molecular complexity index is 448. The number of hydrogen-bond donors (Lipinski definition) is 2. The highest BCUT2D eigenvalue weighted by molar-refractivity contribution is 5.45. The van der Waals surface area contributed by atoms with Crippen LogP contribution in [0.25, 0.3) is 0 Å². The average Bonchev–Trinajstić information content (AvgIpc) is 2.35. The molecule has 0 amide bonds. The van der Waals surface area contributed by atoms with Crippen LogP contribution in [-0.2, 0) is 12.1 Å². The van der Waals surface area contributed by atoms with Gasteiger partial charge in [-0.15, -0.1) is 0 Å². The van der Waals surface area contributed by atoms with E-state index in [2.05, 4.69) is 17.0 Å². The molecule has 1 aliphatic carbocycles. The van der Waals surface area contributed by atoms with Crippen molar-refractivity contribution in [3.8, 4) is 5.75 Å². The summed E-state index contributed by atoms with van der Waals surface area (Å²) in [5.74, 6) is 0.414. The Kier molecular flexibility index (Phi) is 4.16. The Labute approximate surface area is 116 Å². The first-order valence-corrected chi connectivity index (χ1v) is 7.19. The zero-order valence-corrected chi connectivity index (χ0v) is 12.4. The summed E-state index contributed by atoms with van der Waals surface area (Å²) in [6.45, 7) is 2.71. The average molecular weight is 262 g/mol. The Morgan fingerprint density at radius 3 is 2.42 bits per heavy atom. The summed E-state index contributed by atoms with van der Waals surface area (Å²) >= 11 is 0. The second-order valence-corrected chi connectivity index (χ2v) is 6.26. The number of nitrogens with two attached hydrogens (primary N) is 1. The van der Waals surface area contributed by atoms with Crippen molar-refractivity contribution in [3.63, 3.8) is 0 Å². The molecule has 3 N–H and O–H groups in total. The van der Waals surface area contributed by atoms with Crippen molar-refractivity contribution in [1.82, 2.24) is 4.90 Å². The van der Waals surface area contributed by atoms with Gasteiger partial charge in [0.25, 0.3) is 0 Å². The third-order valence-corrected chi connectivity index (χ3v) is 4.19. The van der Waals surface area contributed by atoms with Gasteiger partial charge in [-0.05, 0) is 51.1 Å². The predicted octanol–water partition coefficient (Wildman–Crippen LogP) is 2.88. The maximum Gasteiger partial charge on any atom is 0.122 e. The van der Waals surface area contributed by atoms with Gasteiger partial charge in [-0.2, -0.15) is 0 Å². The Hall–Kier alpha value is -1.06. The minimum absolute atomic E-state index is 0.197. The molecule has 106 valence electrons. The minimum atomic E-state index is -0.197. The second-order valence-electron chi connectivity index (χ2n) is 6.26. The lowest BCUT2D eigenvalue weighted by Gasteiger charge is -2.34. The van der Waals surface area contributed by atoms with E-state index < -0.39 is 0 Å². The summed E-state index contributed by atoms with van der Waals surface area (Å²) in [5.41, 5.74) is 9.52. The van der Waals surface area contributed by atoms with Crippen LogP contribution >= 0.6 is 0 Å². The van der Waals surface area contributed by atoms with Gasteiger partial charge in [0, 0.05) is 17.6 Å². The van der Waals surface area contributed by atoms with Crippen LogP contribution in [0.5, 0.6) is 5.75 Å². The molecule has 19 heavy (non-hydrogen) atoms. The molecule has 3 heteroatoms. The number of aryl methyl sites for hydroxylation is 1. The van der Waals surface area contributed by atoms with Crippen LogP contribution in [0, 0.1) is 6.92 Å². The van der Waals surface area contributed by atoms with Crippen LogP contribution in [0.2, 0.25) is 0 Å². The molecule has 0 spiro atoms. The number of nitrogens with zero attached hydrogens (tertiary/aromatic N) is 1. The smallest absolute Gasteiger partial charge is 0.122 e. The fourth-order valence-corrected chi connectivity index (χ4v) is 3.07. The van der Waals surface area contributed by atoms with Gasteiger partial charge in [0.05, 0.1) is 0 Å². The second kappa shape index (κ2) is 5.51. The molecule has 0 bridgehead atoms. The monoisotopic (exact) mass is 262 g/mol. The molecular weight excluding hydrogens is 236 g/mol. The number of phenols is 1. The van der Waals surface area contributed by atoms with Crippen molar-refractivity contribution in [1.29, 1.82) is 0 Å². The summed E-state index contributed by atoms with van der Waals surface area (Å²) in [7, 11) is 4.03. The SMILES string of the molecule is Cc1cc(C2(N)CCCCC2)cc(CN(C)C)c1O. The molecular formula is C16H26N2O. The number of rotatable bonds is 3. The molecule has 1 aliphatic rings. The third-order valence-electron chi connectivity index (χ3n) is 4.19. The number of aromatic hydroxyl groups is 1. The minimum Gasteiger partial charge on any atom is -0.507 e. The first kappa shape index (κ1) is 14.4. The van der Waals surface area contributed by atoms with E-state index >= 15 is 0 Å². The number of benzene rings is 1. The van der Waals surface area contributed by atoms with E-state index in [1.807, 2.05) is 21.0 Å². The largest absolute Gasteiger partial charge is 0.507 e. The molecule has 1 fully saturated rings. The number of phenolic OH excluding ortho intramolecular Hbond substituents is 1. The van der Waals surface area contributed by atoms with E-state index in [0.717, 1.165) is 30.5 Å². The zero-order valence-electron chi connectivity index (χ0n) is 12.4. The van der Waals surface area contributed by atoms with Crippen molar-refractivity contribution >= 4 is 0 Å². The molecule has 1 aromatic rings. The lowest BCUT2D eigenvalue weighted by atomic mass is 9.76. The first-order chi connectivity index (χ1) is 8.92. The molecule has 0 radical (unpaired) electrons.